The van der Waals surface area contributed by atoms with Crippen LogP contribution in [0.4, 0.5) is 0 Å². The molecular weight excluding hydrogens is 466 g/mol. The predicted molar refractivity (Wildman–Crippen MR) is 133 cm³/mol. The standard InChI is InChI=1S/C26H29N3O5S/c1-17-5-8-22(15-19(17)3)26(31)20(4)29-25(30)10-9-23(27-29)21-7-6-18(2)24(16-21)35(32,33)28-11-13-34-14-12-28/h5-10,15-16,20H,11-14H2,1-4H3/t20-/m1/s1. The lowest BCUT2D eigenvalue weighted by molar-refractivity contribution is 0.0730. The number of morpholine rings is 1. The number of ether oxygens (including phenoxy) is 1. The van der Waals surface area contributed by atoms with Gasteiger partial charge in [-0.15, -0.1) is 0 Å². The molecule has 0 aliphatic carbocycles. The van der Waals surface area contributed by atoms with Crippen molar-refractivity contribution in [2.24, 2.45) is 0 Å². The number of sulfonamides is 1. The predicted octanol–water partition coefficient (Wildman–Crippen LogP) is 3.30. The van der Waals surface area contributed by atoms with Crippen molar-refractivity contribution in [3.63, 3.8) is 0 Å². The Balaban J connectivity index is 1.70. The van der Waals surface area contributed by atoms with Gasteiger partial charge in [0.15, 0.2) is 5.78 Å². The van der Waals surface area contributed by atoms with Crippen molar-refractivity contribution in [2.45, 2.75) is 38.6 Å². The van der Waals surface area contributed by atoms with E-state index in [1.165, 1.54) is 10.4 Å². The number of hydrogen-bond acceptors (Lipinski definition) is 6. The molecule has 9 heteroatoms. The molecule has 1 fully saturated rings. The average molecular weight is 496 g/mol. The van der Waals surface area contributed by atoms with E-state index >= 15 is 0 Å². The van der Waals surface area contributed by atoms with E-state index in [0.717, 1.165) is 15.8 Å². The number of aromatic nitrogens is 2. The number of hydrogen-bond donors (Lipinski definition) is 0. The number of nitrogens with zero attached hydrogens (tertiary/aromatic N) is 3. The first-order chi connectivity index (χ1) is 16.6. The molecule has 0 saturated carbocycles. The topological polar surface area (TPSA) is 98.6 Å². The van der Waals surface area contributed by atoms with Crippen molar-refractivity contribution in [3.8, 4) is 11.3 Å². The van der Waals surface area contributed by atoms with Crippen LogP contribution in [0.25, 0.3) is 11.3 Å². The molecule has 1 aromatic heterocycles. The molecule has 0 spiro atoms. The largest absolute Gasteiger partial charge is 0.379 e. The summed E-state index contributed by atoms with van der Waals surface area (Å²) in [6, 6.07) is 12.6. The lowest BCUT2D eigenvalue weighted by atomic mass is 10.0. The molecule has 2 heterocycles. The molecule has 8 nitrogen and oxygen atoms in total. The van der Waals surface area contributed by atoms with Gasteiger partial charge in [-0.2, -0.15) is 9.40 Å². The summed E-state index contributed by atoms with van der Waals surface area (Å²) in [6.07, 6.45) is 0. The molecule has 0 N–H and O–H groups in total. The Morgan fingerprint density at radius 1 is 0.943 bits per heavy atom. The SMILES string of the molecule is Cc1ccc(C(=O)[C@@H](C)n2nc(-c3ccc(C)c(S(=O)(=O)N4CCOCC4)c3)ccc2=O)cc1C. The zero-order valence-electron chi connectivity index (χ0n) is 20.3. The quantitative estimate of drug-likeness (QED) is 0.487. The highest BCUT2D eigenvalue weighted by molar-refractivity contribution is 7.89. The number of benzene rings is 2. The van der Waals surface area contributed by atoms with Gasteiger partial charge in [0.1, 0.15) is 6.04 Å². The number of aryl methyl sites for hydroxylation is 3. The summed E-state index contributed by atoms with van der Waals surface area (Å²) in [4.78, 5) is 25.9. The first-order valence-corrected chi connectivity index (χ1v) is 12.9. The van der Waals surface area contributed by atoms with Crippen LogP contribution >= 0.6 is 0 Å². The fraction of sp³-hybridized carbons (Fsp3) is 0.346. The van der Waals surface area contributed by atoms with Crippen molar-refractivity contribution in [1.82, 2.24) is 14.1 Å². The van der Waals surface area contributed by atoms with Crippen molar-refractivity contribution in [2.75, 3.05) is 26.3 Å². The van der Waals surface area contributed by atoms with Gasteiger partial charge in [0.25, 0.3) is 5.56 Å². The molecule has 3 aromatic rings. The first-order valence-electron chi connectivity index (χ1n) is 11.5. The molecule has 0 amide bonds. The number of ketones is 1. The maximum atomic E-state index is 13.3. The van der Waals surface area contributed by atoms with Gasteiger partial charge in [-0.25, -0.2) is 13.1 Å². The molecule has 0 unspecified atom stereocenters. The minimum Gasteiger partial charge on any atom is -0.379 e. The van der Waals surface area contributed by atoms with Crippen LogP contribution in [0.2, 0.25) is 0 Å². The minimum absolute atomic E-state index is 0.190. The second-order valence-electron chi connectivity index (χ2n) is 8.84. The second-order valence-corrected chi connectivity index (χ2v) is 10.7. The van der Waals surface area contributed by atoms with Crippen LogP contribution in [-0.2, 0) is 14.8 Å². The summed E-state index contributed by atoms with van der Waals surface area (Å²) < 4.78 is 34.4. The summed E-state index contributed by atoms with van der Waals surface area (Å²) in [5.74, 6) is -0.223. The highest BCUT2D eigenvalue weighted by Crippen LogP contribution is 2.27. The molecule has 1 aliphatic rings. The maximum Gasteiger partial charge on any atom is 0.267 e. The van der Waals surface area contributed by atoms with Gasteiger partial charge >= 0.3 is 0 Å². The van der Waals surface area contributed by atoms with E-state index < -0.39 is 21.6 Å². The first kappa shape index (κ1) is 25.0. The molecule has 2 aromatic carbocycles. The number of carbonyl (C=O) groups excluding carboxylic acids is 1. The lowest BCUT2D eigenvalue weighted by Crippen LogP contribution is -2.40. The summed E-state index contributed by atoms with van der Waals surface area (Å²) in [5.41, 5.74) is 3.73. The molecule has 0 radical (unpaired) electrons. The van der Waals surface area contributed by atoms with Gasteiger partial charge in [0, 0.05) is 30.3 Å². The average Bonchev–Trinajstić information content (AvgIpc) is 2.86. The molecule has 35 heavy (non-hydrogen) atoms. The summed E-state index contributed by atoms with van der Waals surface area (Å²) in [7, 11) is -3.71. The van der Waals surface area contributed by atoms with Crippen molar-refractivity contribution in [1.29, 1.82) is 0 Å². The van der Waals surface area contributed by atoms with E-state index in [0.29, 0.717) is 48.7 Å². The molecule has 0 bridgehead atoms. The van der Waals surface area contributed by atoms with Gasteiger partial charge in [-0.3, -0.25) is 9.59 Å². The Labute approximate surface area is 205 Å². The number of rotatable bonds is 6. The summed E-state index contributed by atoms with van der Waals surface area (Å²) in [6.45, 7) is 8.60. The summed E-state index contributed by atoms with van der Waals surface area (Å²) >= 11 is 0. The van der Waals surface area contributed by atoms with Gasteiger partial charge in [0.2, 0.25) is 10.0 Å². The Morgan fingerprint density at radius 3 is 2.31 bits per heavy atom. The van der Waals surface area contributed by atoms with Gasteiger partial charge in [0.05, 0.1) is 23.8 Å². The van der Waals surface area contributed by atoms with Gasteiger partial charge in [-0.1, -0.05) is 24.3 Å². The Hall–Kier alpha value is -3.14. The summed E-state index contributed by atoms with van der Waals surface area (Å²) in [5, 5.41) is 4.45. The van der Waals surface area contributed by atoms with Gasteiger partial charge < -0.3 is 4.74 Å². The van der Waals surface area contributed by atoms with Crippen molar-refractivity contribution >= 4 is 15.8 Å². The van der Waals surface area contributed by atoms with Crippen LogP contribution in [0.1, 0.15) is 40.0 Å². The van der Waals surface area contributed by atoms with Crippen LogP contribution in [0.15, 0.2) is 58.2 Å². The Morgan fingerprint density at radius 2 is 1.63 bits per heavy atom. The lowest BCUT2D eigenvalue weighted by Gasteiger charge is -2.26. The third kappa shape index (κ3) is 4.98. The molecule has 1 saturated heterocycles. The van der Waals surface area contributed by atoms with E-state index in [9.17, 15) is 18.0 Å². The van der Waals surface area contributed by atoms with Crippen molar-refractivity contribution in [3.05, 3.63) is 81.1 Å². The monoisotopic (exact) mass is 495 g/mol. The van der Waals surface area contributed by atoms with Crippen LogP contribution in [0, 0.1) is 20.8 Å². The van der Waals surface area contributed by atoms with Crippen LogP contribution in [-0.4, -0.2) is 54.6 Å². The fourth-order valence-corrected chi connectivity index (χ4v) is 5.73. The highest BCUT2D eigenvalue weighted by atomic mass is 32.2. The number of Topliss-reactive ketones (excluding diaryl/α,β-unsaturated/α-hetero) is 1. The Bertz CT molecular complexity index is 1440. The molecule has 184 valence electrons. The zero-order chi connectivity index (χ0) is 25.3. The second kappa shape index (κ2) is 9.85. The number of carbonyl (C=O) groups is 1. The van der Waals surface area contributed by atoms with E-state index in [4.69, 9.17) is 4.74 Å². The molecule has 4 rings (SSSR count). The third-order valence-electron chi connectivity index (χ3n) is 6.43. The zero-order valence-corrected chi connectivity index (χ0v) is 21.1. The molecular formula is C26H29N3O5S. The highest BCUT2D eigenvalue weighted by Gasteiger charge is 2.28. The van der Waals surface area contributed by atoms with Gasteiger partial charge in [-0.05, 0) is 62.6 Å². The van der Waals surface area contributed by atoms with E-state index in [1.54, 1.807) is 44.2 Å². The minimum atomic E-state index is -3.71. The fourth-order valence-electron chi connectivity index (χ4n) is 4.07. The van der Waals surface area contributed by atoms with Crippen LogP contribution < -0.4 is 5.56 Å². The van der Waals surface area contributed by atoms with E-state index in [1.807, 2.05) is 26.0 Å². The molecule has 1 aliphatic heterocycles. The maximum absolute atomic E-state index is 13.3. The van der Waals surface area contributed by atoms with Crippen LogP contribution in [0.5, 0.6) is 0 Å². The third-order valence-corrected chi connectivity index (χ3v) is 8.48. The smallest absolute Gasteiger partial charge is 0.267 e. The molecule has 1 atom stereocenters. The van der Waals surface area contributed by atoms with E-state index in [-0.39, 0.29) is 10.7 Å². The normalized spacial score (nSPS) is 15.7. The van der Waals surface area contributed by atoms with Crippen LogP contribution in [0.3, 0.4) is 0 Å². The Kier molecular flexibility index (Phi) is 7.02. The van der Waals surface area contributed by atoms with Crippen molar-refractivity contribution < 1.29 is 17.9 Å². The van der Waals surface area contributed by atoms with E-state index in [2.05, 4.69) is 5.10 Å².